The van der Waals surface area contributed by atoms with E-state index in [0.29, 0.717) is 11.1 Å². The minimum absolute atomic E-state index is 0.0180. The number of hydrogen-bond acceptors (Lipinski definition) is 3. The summed E-state index contributed by atoms with van der Waals surface area (Å²) in [6.07, 6.45) is -1.07. The molecule has 0 fully saturated rings. The van der Waals surface area contributed by atoms with Gasteiger partial charge in [-0.3, -0.25) is 0 Å². The van der Waals surface area contributed by atoms with E-state index in [9.17, 15) is 13.9 Å². The number of aryl methyl sites for hydroxylation is 1. The molecule has 0 amide bonds. The van der Waals surface area contributed by atoms with Gasteiger partial charge in [-0.1, -0.05) is 12.1 Å². The lowest BCUT2D eigenvalue weighted by Crippen LogP contribution is -2.05. The molecule has 0 heterocycles. The quantitative estimate of drug-likeness (QED) is 0.859. The Morgan fingerprint density at radius 1 is 1.50 bits per heavy atom. The molecule has 0 saturated carbocycles. The monoisotopic (exact) mass is 227 g/mol. The third-order valence-electron chi connectivity index (χ3n) is 2.10. The minimum Gasteiger partial charge on any atom is -0.435 e. The van der Waals surface area contributed by atoms with Gasteiger partial charge in [-0.05, 0) is 24.1 Å². The molecule has 0 bridgehead atoms. The number of nitrogens with zero attached hydrogens (tertiary/aromatic N) is 1. The highest BCUT2D eigenvalue weighted by atomic mass is 19.3. The van der Waals surface area contributed by atoms with Crippen LogP contribution in [0.4, 0.5) is 8.78 Å². The molecule has 0 aliphatic heterocycles. The molecule has 1 aromatic rings. The first kappa shape index (κ1) is 12.4. The summed E-state index contributed by atoms with van der Waals surface area (Å²) in [5.74, 6) is 0.0180. The Morgan fingerprint density at radius 2 is 2.19 bits per heavy atom. The highest BCUT2D eigenvalue weighted by Gasteiger charge is 2.12. The zero-order chi connectivity index (χ0) is 12.1. The van der Waals surface area contributed by atoms with Gasteiger partial charge in [0.1, 0.15) is 5.75 Å². The average Bonchev–Trinajstić information content (AvgIpc) is 2.21. The number of alkyl halides is 2. The van der Waals surface area contributed by atoms with Crippen LogP contribution in [0.25, 0.3) is 0 Å². The molecule has 1 unspecified atom stereocenters. The van der Waals surface area contributed by atoms with Crippen molar-refractivity contribution in [3.63, 3.8) is 0 Å². The number of ether oxygens (including phenoxy) is 1. The van der Waals surface area contributed by atoms with Crippen molar-refractivity contribution >= 4 is 0 Å². The molecule has 1 aromatic carbocycles. The maximum atomic E-state index is 12.0. The number of halogens is 2. The lowest BCUT2D eigenvalue weighted by atomic mass is 10.0. The summed E-state index contributed by atoms with van der Waals surface area (Å²) < 4.78 is 28.4. The zero-order valence-electron chi connectivity index (χ0n) is 8.65. The van der Waals surface area contributed by atoms with Crippen molar-refractivity contribution in [3.05, 3.63) is 29.3 Å². The van der Waals surface area contributed by atoms with E-state index in [4.69, 9.17) is 5.26 Å². The highest BCUT2D eigenvalue weighted by molar-refractivity contribution is 5.37. The van der Waals surface area contributed by atoms with Crippen LogP contribution in [-0.2, 0) is 0 Å². The van der Waals surface area contributed by atoms with Gasteiger partial charge < -0.3 is 9.84 Å². The molecule has 3 nitrogen and oxygen atoms in total. The highest BCUT2D eigenvalue weighted by Crippen LogP contribution is 2.26. The summed E-state index contributed by atoms with van der Waals surface area (Å²) in [7, 11) is 0. The van der Waals surface area contributed by atoms with E-state index >= 15 is 0 Å². The molecular weight excluding hydrogens is 216 g/mol. The van der Waals surface area contributed by atoms with E-state index in [0.717, 1.165) is 0 Å². The van der Waals surface area contributed by atoms with E-state index in [1.54, 1.807) is 25.1 Å². The maximum absolute atomic E-state index is 12.0. The molecule has 1 rings (SSSR count). The summed E-state index contributed by atoms with van der Waals surface area (Å²) in [6, 6.07) is 6.27. The second-order valence-corrected chi connectivity index (χ2v) is 3.28. The van der Waals surface area contributed by atoms with Crippen LogP contribution in [0, 0.1) is 18.3 Å². The number of benzene rings is 1. The van der Waals surface area contributed by atoms with Crippen LogP contribution in [-0.4, -0.2) is 11.7 Å². The first-order valence-electron chi connectivity index (χ1n) is 4.65. The van der Waals surface area contributed by atoms with Gasteiger partial charge in [-0.25, -0.2) is 0 Å². The fraction of sp³-hybridized carbons (Fsp3) is 0.364. The van der Waals surface area contributed by atoms with Crippen molar-refractivity contribution < 1.29 is 18.6 Å². The van der Waals surface area contributed by atoms with Crippen LogP contribution in [0.3, 0.4) is 0 Å². The molecule has 1 atom stereocenters. The number of aliphatic hydroxyl groups excluding tert-OH is 1. The Bertz CT molecular complexity index is 401. The molecule has 0 aliphatic carbocycles. The summed E-state index contributed by atoms with van der Waals surface area (Å²) in [6.45, 7) is -1.28. The van der Waals surface area contributed by atoms with Crippen LogP contribution in [0.15, 0.2) is 18.2 Å². The van der Waals surface area contributed by atoms with Crippen molar-refractivity contribution in [1.82, 2.24) is 0 Å². The Morgan fingerprint density at radius 3 is 2.75 bits per heavy atom. The van der Waals surface area contributed by atoms with Crippen LogP contribution in [0.1, 0.15) is 23.7 Å². The van der Waals surface area contributed by atoms with E-state index in [2.05, 4.69) is 4.74 Å². The number of rotatable bonds is 4. The fourth-order valence-corrected chi connectivity index (χ4v) is 1.25. The Balaban J connectivity index is 2.93. The summed E-state index contributed by atoms with van der Waals surface area (Å²) in [4.78, 5) is 0. The van der Waals surface area contributed by atoms with Crippen LogP contribution in [0.2, 0.25) is 0 Å². The molecule has 5 heteroatoms. The Hall–Kier alpha value is -1.67. The predicted octanol–water partition coefficient (Wildman–Crippen LogP) is 2.54. The topological polar surface area (TPSA) is 53.2 Å². The summed E-state index contributed by atoms with van der Waals surface area (Å²) in [5.41, 5.74) is 0.941. The lowest BCUT2D eigenvalue weighted by molar-refractivity contribution is -0.0504. The van der Waals surface area contributed by atoms with Crippen molar-refractivity contribution in [1.29, 1.82) is 5.26 Å². The molecule has 86 valence electrons. The normalized spacial score (nSPS) is 12.2. The smallest absolute Gasteiger partial charge is 0.387 e. The van der Waals surface area contributed by atoms with Crippen LogP contribution in [0.5, 0.6) is 5.75 Å². The van der Waals surface area contributed by atoms with Gasteiger partial charge >= 0.3 is 6.61 Å². The number of nitriles is 1. The molecule has 0 aromatic heterocycles. The molecule has 0 saturated heterocycles. The molecule has 16 heavy (non-hydrogen) atoms. The second-order valence-electron chi connectivity index (χ2n) is 3.28. The Labute approximate surface area is 91.9 Å². The van der Waals surface area contributed by atoms with E-state index in [1.165, 1.54) is 6.07 Å². The van der Waals surface area contributed by atoms with Crippen molar-refractivity contribution in [2.45, 2.75) is 26.1 Å². The van der Waals surface area contributed by atoms with Crippen molar-refractivity contribution in [2.75, 3.05) is 0 Å². The van der Waals surface area contributed by atoms with Gasteiger partial charge in [-0.15, -0.1) is 0 Å². The standard InChI is InChI=1S/C11H11F2NO2/c1-7-2-3-8(9(15)4-5-14)6-10(7)16-11(12)13/h2-3,6,9,11,15H,4H2,1H3. The third kappa shape index (κ3) is 3.17. The molecule has 0 aliphatic rings. The first-order chi connectivity index (χ1) is 7.54. The molecule has 1 N–H and O–H groups in total. The van der Waals surface area contributed by atoms with E-state index in [-0.39, 0.29) is 12.2 Å². The van der Waals surface area contributed by atoms with Gasteiger partial charge in [0.25, 0.3) is 0 Å². The second kappa shape index (κ2) is 5.42. The minimum atomic E-state index is -2.90. The predicted molar refractivity (Wildman–Crippen MR) is 53.0 cm³/mol. The molecular formula is C11H11F2NO2. The van der Waals surface area contributed by atoms with Gasteiger partial charge in [0.2, 0.25) is 0 Å². The fourth-order valence-electron chi connectivity index (χ4n) is 1.25. The van der Waals surface area contributed by atoms with Crippen LogP contribution < -0.4 is 4.74 Å². The third-order valence-corrected chi connectivity index (χ3v) is 2.10. The van der Waals surface area contributed by atoms with E-state index in [1.807, 2.05) is 0 Å². The van der Waals surface area contributed by atoms with Crippen LogP contribution >= 0.6 is 0 Å². The molecule has 0 radical (unpaired) electrons. The average molecular weight is 227 g/mol. The maximum Gasteiger partial charge on any atom is 0.387 e. The number of aliphatic hydroxyl groups is 1. The summed E-state index contributed by atoms with van der Waals surface area (Å²) in [5, 5.41) is 17.9. The summed E-state index contributed by atoms with van der Waals surface area (Å²) >= 11 is 0. The van der Waals surface area contributed by atoms with Gasteiger partial charge in [-0.2, -0.15) is 14.0 Å². The first-order valence-corrected chi connectivity index (χ1v) is 4.65. The van der Waals surface area contributed by atoms with Gasteiger partial charge in [0, 0.05) is 0 Å². The van der Waals surface area contributed by atoms with Crippen molar-refractivity contribution in [2.24, 2.45) is 0 Å². The SMILES string of the molecule is Cc1ccc(C(O)CC#N)cc1OC(F)F. The largest absolute Gasteiger partial charge is 0.435 e. The Kier molecular flexibility index (Phi) is 4.20. The lowest BCUT2D eigenvalue weighted by Gasteiger charge is -2.12. The van der Waals surface area contributed by atoms with Crippen molar-refractivity contribution in [3.8, 4) is 11.8 Å². The molecule has 0 spiro atoms. The number of hydrogen-bond donors (Lipinski definition) is 1. The zero-order valence-corrected chi connectivity index (χ0v) is 8.65. The van der Waals surface area contributed by atoms with E-state index < -0.39 is 12.7 Å². The van der Waals surface area contributed by atoms with Gasteiger partial charge in [0.05, 0.1) is 18.6 Å². The van der Waals surface area contributed by atoms with Gasteiger partial charge in [0.15, 0.2) is 0 Å².